The molecule has 1 aliphatic heterocycles. The van der Waals surface area contributed by atoms with Gasteiger partial charge in [-0.1, -0.05) is 46.3 Å². The van der Waals surface area contributed by atoms with Crippen molar-refractivity contribution in [3.05, 3.63) is 42.0 Å². The highest BCUT2D eigenvalue weighted by molar-refractivity contribution is 9.09. The Morgan fingerprint density at radius 2 is 1.83 bits per heavy atom. The molecule has 0 radical (unpaired) electrons. The van der Waals surface area contributed by atoms with Gasteiger partial charge >= 0.3 is 0 Å². The van der Waals surface area contributed by atoms with Gasteiger partial charge in [-0.3, -0.25) is 4.79 Å². The third kappa shape index (κ3) is 2.88. The van der Waals surface area contributed by atoms with Gasteiger partial charge in [-0.15, -0.1) is 0 Å². The monoisotopic (exact) mass is 373 g/mol. The molecule has 3 nitrogen and oxygen atoms in total. The number of nitrogens with zero attached hydrogens (tertiary/aromatic N) is 1. The van der Waals surface area contributed by atoms with Crippen LogP contribution in [-0.4, -0.2) is 16.6 Å². The number of aromatic nitrogens is 1. The molecule has 0 fully saturated rings. The second kappa shape index (κ2) is 5.68. The summed E-state index contributed by atoms with van der Waals surface area (Å²) >= 11 is 3.66. The van der Waals surface area contributed by atoms with Gasteiger partial charge in [-0.25, -0.2) is 0 Å². The number of ether oxygens (including phenoxy) is 1. The van der Waals surface area contributed by atoms with Crippen molar-refractivity contribution < 1.29 is 9.53 Å². The molecule has 0 amide bonds. The van der Waals surface area contributed by atoms with Crippen molar-refractivity contribution in [1.82, 2.24) is 4.57 Å². The quantitative estimate of drug-likeness (QED) is 0.342. The van der Waals surface area contributed by atoms with Crippen LogP contribution in [0.1, 0.15) is 38.1 Å². The number of carbonyl (C=O) groups excluding carboxylic acids is 1. The average Bonchev–Trinajstić information content (AvgIpc) is 3.10. The topological polar surface area (TPSA) is 31.2 Å². The smallest absolute Gasteiger partial charge is 0.293 e. The van der Waals surface area contributed by atoms with Gasteiger partial charge in [0, 0.05) is 15.6 Å². The van der Waals surface area contributed by atoms with Crippen molar-refractivity contribution in [3.8, 4) is 5.69 Å². The van der Waals surface area contributed by atoms with E-state index in [0.29, 0.717) is 11.3 Å². The van der Waals surface area contributed by atoms with Crippen molar-refractivity contribution in [2.75, 3.05) is 0 Å². The second-order valence-corrected chi connectivity index (χ2v) is 8.07. The Hall–Kier alpha value is -1.81. The molecule has 0 saturated heterocycles. The summed E-state index contributed by atoms with van der Waals surface area (Å²) in [6.07, 6.45) is 0. The number of halogens is 1. The number of hydrogen-bond acceptors (Lipinski definition) is 2. The van der Waals surface area contributed by atoms with E-state index in [1.54, 1.807) is 0 Å². The minimum Gasteiger partial charge on any atom is -0.462 e. The number of para-hydroxylation sites is 1. The van der Waals surface area contributed by atoms with Crippen LogP contribution in [0.3, 0.4) is 0 Å². The number of hydrogen-bond donors (Lipinski definition) is 0. The lowest BCUT2D eigenvalue weighted by Crippen LogP contribution is -2.17. The van der Waals surface area contributed by atoms with Gasteiger partial charge in [0.15, 0.2) is 0 Å². The van der Waals surface area contributed by atoms with E-state index in [0.717, 1.165) is 0 Å². The third-order valence-corrected chi connectivity index (χ3v) is 4.34. The predicted octanol–water partition coefficient (Wildman–Crippen LogP) is 5.51. The van der Waals surface area contributed by atoms with Gasteiger partial charge in [-0.05, 0) is 39.3 Å². The summed E-state index contributed by atoms with van der Waals surface area (Å²) in [4.78, 5) is 10.0. The highest BCUT2D eigenvalue weighted by atomic mass is 79.9. The highest BCUT2D eigenvalue weighted by Gasteiger charge is 2.30. The van der Waals surface area contributed by atoms with Crippen LogP contribution in [-0.2, 0) is 9.53 Å². The average molecular weight is 374 g/mol. The largest absolute Gasteiger partial charge is 0.462 e. The minimum atomic E-state index is -0.318. The van der Waals surface area contributed by atoms with E-state index < -0.39 is 0 Å². The van der Waals surface area contributed by atoms with Crippen molar-refractivity contribution in [2.45, 2.75) is 38.1 Å². The fourth-order valence-electron chi connectivity index (χ4n) is 2.83. The lowest BCUT2D eigenvalue weighted by atomic mass is 10.1. The Morgan fingerprint density at radius 3 is 2.39 bits per heavy atom. The molecule has 4 rings (SSSR count). The molecule has 3 aromatic rings. The van der Waals surface area contributed by atoms with E-state index in [1.165, 1.54) is 33.1 Å². The number of fused-ring (bicyclic) bond motifs is 4. The fraction of sp³-hybridized carbons (Fsp3) is 0.316. The summed E-state index contributed by atoms with van der Waals surface area (Å²) in [5.41, 5.74) is 5.26. The number of carbonyl (C=O) groups is 1. The molecule has 0 N–H and O–H groups in total. The molecule has 0 saturated carbocycles. The Labute approximate surface area is 144 Å². The standard InChI is InChI=1S/C14H10BrN.C5H10O2/c1-8(15)9-6-7-11-10-4-2-3-5-12(10)16-13(9)14(11)16;1-5(2,3)7-4-6/h2-8H,1H3;4H,1-3H3. The first-order valence-corrected chi connectivity index (χ1v) is 8.58. The van der Waals surface area contributed by atoms with Gasteiger partial charge in [0.25, 0.3) is 6.47 Å². The van der Waals surface area contributed by atoms with Crippen molar-refractivity contribution in [2.24, 2.45) is 0 Å². The van der Waals surface area contributed by atoms with E-state index in [4.69, 9.17) is 0 Å². The molecule has 2 aromatic carbocycles. The van der Waals surface area contributed by atoms with Gasteiger partial charge in [0.1, 0.15) is 5.60 Å². The summed E-state index contributed by atoms with van der Waals surface area (Å²) in [7, 11) is 0. The van der Waals surface area contributed by atoms with Crippen molar-refractivity contribution >= 4 is 44.2 Å². The van der Waals surface area contributed by atoms with Gasteiger partial charge < -0.3 is 9.30 Å². The summed E-state index contributed by atoms with van der Waals surface area (Å²) < 4.78 is 6.92. The maximum absolute atomic E-state index is 9.60. The van der Waals surface area contributed by atoms with Crippen LogP contribution in [0.4, 0.5) is 0 Å². The molecule has 0 spiro atoms. The zero-order chi connectivity index (χ0) is 16.8. The highest BCUT2D eigenvalue weighted by Crippen LogP contribution is 2.48. The SMILES string of the molecule is CC(Br)c1ccc2c3ccccc3n3c2c1-3.CC(C)(C)OC=O. The van der Waals surface area contributed by atoms with Gasteiger partial charge in [0.2, 0.25) is 0 Å². The normalized spacial score (nSPS) is 13.4. The third-order valence-electron chi connectivity index (χ3n) is 3.84. The molecule has 2 heterocycles. The summed E-state index contributed by atoms with van der Waals surface area (Å²) in [5, 5.41) is 2.77. The summed E-state index contributed by atoms with van der Waals surface area (Å²) in [6, 6.07) is 13.1. The number of alkyl halides is 1. The molecule has 0 aliphatic carbocycles. The van der Waals surface area contributed by atoms with Crippen molar-refractivity contribution in [3.63, 3.8) is 0 Å². The van der Waals surface area contributed by atoms with E-state index in [2.05, 4.69) is 68.6 Å². The summed E-state index contributed by atoms with van der Waals surface area (Å²) in [6.45, 7) is 8.10. The molecular formula is C19H20BrNO2. The molecule has 23 heavy (non-hydrogen) atoms. The lowest BCUT2D eigenvalue weighted by Gasteiger charge is -2.14. The van der Waals surface area contributed by atoms with E-state index in [1.807, 2.05) is 20.8 Å². The maximum Gasteiger partial charge on any atom is 0.293 e. The molecule has 120 valence electrons. The van der Waals surface area contributed by atoms with Gasteiger partial charge in [-0.2, -0.15) is 0 Å². The number of benzene rings is 2. The van der Waals surface area contributed by atoms with Crippen LogP contribution >= 0.6 is 15.9 Å². The van der Waals surface area contributed by atoms with E-state index >= 15 is 0 Å². The number of pyridine rings is 1. The van der Waals surface area contributed by atoms with Crippen molar-refractivity contribution in [1.29, 1.82) is 0 Å². The Balaban J connectivity index is 0.000000193. The van der Waals surface area contributed by atoms with Crippen LogP contribution in [0, 0.1) is 0 Å². The molecule has 1 aromatic heterocycles. The molecule has 1 atom stereocenters. The maximum atomic E-state index is 9.60. The predicted molar refractivity (Wildman–Crippen MR) is 98.6 cm³/mol. The molecular weight excluding hydrogens is 354 g/mol. The molecule has 4 heteroatoms. The first-order valence-electron chi connectivity index (χ1n) is 7.67. The van der Waals surface area contributed by atoms with Crippen LogP contribution in [0.5, 0.6) is 0 Å². The Kier molecular flexibility index (Phi) is 3.96. The van der Waals surface area contributed by atoms with Crippen LogP contribution in [0.2, 0.25) is 0 Å². The van der Waals surface area contributed by atoms with Crippen LogP contribution in [0.15, 0.2) is 36.4 Å². The zero-order valence-electron chi connectivity index (χ0n) is 13.8. The van der Waals surface area contributed by atoms with Gasteiger partial charge in [0.05, 0.1) is 16.7 Å². The first kappa shape index (κ1) is 16.1. The Bertz CT molecular complexity index is 888. The number of rotatable bonds is 2. The lowest BCUT2D eigenvalue weighted by molar-refractivity contribution is -0.138. The van der Waals surface area contributed by atoms with E-state index in [9.17, 15) is 4.79 Å². The van der Waals surface area contributed by atoms with Crippen LogP contribution < -0.4 is 0 Å². The van der Waals surface area contributed by atoms with E-state index in [-0.39, 0.29) is 5.60 Å². The molecule has 0 bridgehead atoms. The molecule has 1 aliphatic rings. The second-order valence-electron chi connectivity index (χ2n) is 6.69. The summed E-state index contributed by atoms with van der Waals surface area (Å²) in [5.74, 6) is 0. The zero-order valence-corrected chi connectivity index (χ0v) is 15.3. The Morgan fingerprint density at radius 1 is 1.13 bits per heavy atom. The fourth-order valence-corrected chi connectivity index (χ4v) is 3.20. The first-order chi connectivity index (χ1) is 10.8. The molecule has 1 unspecified atom stereocenters. The minimum absolute atomic E-state index is 0.318. The van der Waals surface area contributed by atoms with Crippen LogP contribution in [0.25, 0.3) is 27.5 Å².